The molecule has 0 aliphatic carbocycles. The molecule has 1 atom stereocenters. The van der Waals surface area contributed by atoms with E-state index in [1.54, 1.807) is 6.92 Å². The van der Waals surface area contributed by atoms with Crippen molar-refractivity contribution >= 4 is 23.6 Å². The number of hydrogen-bond acceptors (Lipinski definition) is 4. The molecule has 18 heavy (non-hydrogen) atoms. The fraction of sp³-hybridized carbons (Fsp3) is 0.833. The second-order valence-corrected chi connectivity index (χ2v) is 6.25. The van der Waals surface area contributed by atoms with E-state index in [9.17, 15) is 14.7 Å². The predicted octanol–water partition coefficient (Wildman–Crippen LogP) is 0.508. The third kappa shape index (κ3) is 10.4. The number of nitrogens with two attached hydrogens (primary N) is 1. The number of carbonyl (C=O) groups excluding carboxylic acids is 2. The van der Waals surface area contributed by atoms with Gasteiger partial charge in [-0.3, -0.25) is 9.59 Å². The van der Waals surface area contributed by atoms with E-state index >= 15 is 0 Å². The van der Waals surface area contributed by atoms with Crippen LogP contribution < -0.4 is 11.1 Å². The molecule has 0 fully saturated rings. The summed E-state index contributed by atoms with van der Waals surface area (Å²) >= 11 is 1.34. The second-order valence-electron chi connectivity index (χ2n) is 5.14. The van der Waals surface area contributed by atoms with Gasteiger partial charge in [-0.25, -0.2) is 0 Å². The van der Waals surface area contributed by atoms with Crippen molar-refractivity contribution in [2.24, 2.45) is 11.7 Å². The van der Waals surface area contributed by atoms with Crippen molar-refractivity contribution in [1.82, 2.24) is 5.32 Å². The summed E-state index contributed by atoms with van der Waals surface area (Å²) in [5.41, 5.74) is 4.11. The zero-order chi connectivity index (χ0) is 14.2. The summed E-state index contributed by atoms with van der Waals surface area (Å²) in [4.78, 5) is 21.9. The van der Waals surface area contributed by atoms with Crippen molar-refractivity contribution in [2.75, 3.05) is 18.1 Å². The molecule has 0 aliphatic heterocycles. The average molecular weight is 276 g/mol. The molecule has 0 saturated heterocycles. The third-order valence-electron chi connectivity index (χ3n) is 2.23. The molecule has 0 heterocycles. The van der Waals surface area contributed by atoms with Gasteiger partial charge in [0.1, 0.15) is 0 Å². The molecule has 0 aromatic rings. The first-order valence-corrected chi connectivity index (χ1v) is 7.23. The zero-order valence-electron chi connectivity index (χ0n) is 11.4. The molecule has 0 aromatic heterocycles. The largest absolute Gasteiger partial charge is 0.388 e. The highest BCUT2D eigenvalue weighted by Gasteiger charge is 2.22. The first-order valence-electron chi connectivity index (χ1n) is 6.08. The normalized spacial score (nSPS) is 14.3. The van der Waals surface area contributed by atoms with E-state index in [2.05, 4.69) is 5.32 Å². The smallest absolute Gasteiger partial charge is 0.227 e. The minimum absolute atomic E-state index is 0.115. The van der Waals surface area contributed by atoms with Crippen LogP contribution in [0.25, 0.3) is 0 Å². The average Bonchev–Trinajstić information content (AvgIpc) is 2.19. The molecule has 0 bridgehead atoms. The van der Waals surface area contributed by atoms with Gasteiger partial charge in [0.15, 0.2) is 0 Å². The van der Waals surface area contributed by atoms with Crippen LogP contribution in [0.4, 0.5) is 0 Å². The Morgan fingerprint density at radius 2 is 2.06 bits per heavy atom. The molecule has 6 heteroatoms. The lowest BCUT2D eigenvalue weighted by Crippen LogP contribution is -2.41. The first kappa shape index (κ1) is 17.2. The van der Waals surface area contributed by atoms with E-state index in [1.165, 1.54) is 11.8 Å². The van der Waals surface area contributed by atoms with E-state index in [4.69, 9.17) is 5.73 Å². The van der Waals surface area contributed by atoms with Crippen molar-refractivity contribution in [3.05, 3.63) is 0 Å². The highest BCUT2D eigenvalue weighted by Crippen LogP contribution is 2.15. The van der Waals surface area contributed by atoms with Gasteiger partial charge in [0.25, 0.3) is 0 Å². The van der Waals surface area contributed by atoms with Gasteiger partial charge >= 0.3 is 0 Å². The summed E-state index contributed by atoms with van der Waals surface area (Å²) in [7, 11) is 0. The Morgan fingerprint density at radius 1 is 1.44 bits per heavy atom. The fourth-order valence-corrected chi connectivity index (χ4v) is 2.34. The predicted molar refractivity (Wildman–Crippen MR) is 74.2 cm³/mol. The van der Waals surface area contributed by atoms with E-state index in [1.807, 2.05) is 13.8 Å². The van der Waals surface area contributed by atoms with Gasteiger partial charge in [-0.15, -0.1) is 0 Å². The van der Waals surface area contributed by atoms with Gasteiger partial charge < -0.3 is 16.2 Å². The Kier molecular flexibility index (Phi) is 8.02. The number of primary amides is 1. The number of hydrogen-bond donors (Lipinski definition) is 3. The van der Waals surface area contributed by atoms with Gasteiger partial charge in [0.05, 0.1) is 11.4 Å². The second kappa shape index (κ2) is 8.37. The van der Waals surface area contributed by atoms with Crippen molar-refractivity contribution in [2.45, 2.75) is 39.2 Å². The number of rotatable bonds is 9. The number of nitrogens with one attached hydrogen (secondary N) is 1. The molecule has 5 nitrogen and oxygen atoms in total. The standard InChI is InChI=1S/C12H24N2O3S/c1-9(2)6-12(3,17)8-14-11(16)4-5-18-7-10(13)15/h9,17H,4-8H2,1-3H3,(H2,13,15)(H,14,16). The monoisotopic (exact) mass is 276 g/mol. The van der Waals surface area contributed by atoms with Crippen LogP contribution in [0.1, 0.15) is 33.6 Å². The van der Waals surface area contributed by atoms with E-state index in [0.717, 1.165) is 0 Å². The van der Waals surface area contributed by atoms with Crippen LogP contribution in [0.2, 0.25) is 0 Å². The fourth-order valence-electron chi connectivity index (χ4n) is 1.67. The Labute approximate surface area is 113 Å². The van der Waals surface area contributed by atoms with Crippen molar-refractivity contribution in [1.29, 1.82) is 0 Å². The first-order chi connectivity index (χ1) is 8.23. The van der Waals surface area contributed by atoms with Crippen LogP contribution in [0.3, 0.4) is 0 Å². The topological polar surface area (TPSA) is 92.4 Å². The third-order valence-corrected chi connectivity index (χ3v) is 3.21. The van der Waals surface area contributed by atoms with Crippen LogP contribution in [0.5, 0.6) is 0 Å². The Bertz CT molecular complexity index is 280. The maximum Gasteiger partial charge on any atom is 0.227 e. The summed E-state index contributed by atoms with van der Waals surface area (Å²) in [5, 5.41) is 12.7. The summed E-state index contributed by atoms with van der Waals surface area (Å²) in [6.45, 7) is 6.02. The zero-order valence-corrected chi connectivity index (χ0v) is 12.2. The summed E-state index contributed by atoms with van der Waals surface area (Å²) in [6, 6.07) is 0. The lowest BCUT2D eigenvalue weighted by molar-refractivity contribution is -0.122. The van der Waals surface area contributed by atoms with E-state index < -0.39 is 5.60 Å². The number of amides is 2. The molecule has 2 amide bonds. The molecular weight excluding hydrogens is 252 g/mol. The van der Waals surface area contributed by atoms with Crippen molar-refractivity contribution in [3.8, 4) is 0 Å². The molecular formula is C12H24N2O3S. The maximum absolute atomic E-state index is 11.5. The summed E-state index contributed by atoms with van der Waals surface area (Å²) < 4.78 is 0. The molecule has 4 N–H and O–H groups in total. The Hall–Kier alpha value is -0.750. The van der Waals surface area contributed by atoms with Crippen LogP contribution in [-0.2, 0) is 9.59 Å². The molecule has 106 valence electrons. The SMILES string of the molecule is CC(C)CC(C)(O)CNC(=O)CCSCC(N)=O. The van der Waals surface area contributed by atoms with Crippen LogP contribution >= 0.6 is 11.8 Å². The van der Waals surface area contributed by atoms with Crippen molar-refractivity contribution in [3.63, 3.8) is 0 Å². The molecule has 0 aliphatic rings. The quantitative estimate of drug-likeness (QED) is 0.535. The van der Waals surface area contributed by atoms with Gasteiger partial charge in [-0.05, 0) is 19.3 Å². The van der Waals surface area contributed by atoms with Gasteiger partial charge in [-0.1, -0.05) is 13.8 Å². The van der Waals surface area contributed by atoms with Crippen LogP contribution in [0, 0.1) is 5.92 Å². The minimum atomic E-state index is -0.871. The lowest BCUT2D eigenvalue weighted by Gasteiger charge is -2.25. The van der Waals surface area contributed by atoms with Gasteiger partial charge in [0, 0.05) is 18.7 Å². The highest BCUT2D eigenvalue weighted by molar-refractivity contribution is 7.99. The van der Waals surface area contributed by atoms with Gasteiger partial charge in [-0.2, -0.15) is 11.8 Å². The Morgan fingerprint density at radius 3 is 2.56 bits per heavy atom. The number of aliphatic hydroxyl groups is 1. The summed E-state index contributed by atoms with van der Waals surface area (Å²) in [5.74, 6) is 0.679. The van der Waals surface area contributed by atoms with Crippen molar-refractivity contribution < 1.29 is 14.7 Å². The van der Waals surface area contributed by atoms with Crippen LogP contribution in [-0.4, -0.2) is 40.6 Å². The van der Waals surface area contributed by atoms with E-state index in [0.29, 0.717) is 24.5 Å². The molecule has 0 saturated carbocycles. The molecule has 0 aromatic carbocycles. The lowest BCUT2D eigenvalue weighted by atomic mass is 9.94. The highest BCUT2D eigenvalue weighted by atomic mass is 32.2. The maximum atomic E-state index is 11.5. The minimum Gasteiger partial charge on any atom is -0.388 e. The molecule has 0 spiro atoms. The molecule has 0 radical (unpaired) electrons. The number of carbonyl (C=O) groups is 2. The molecule has 0 rings (SSSR count). The Balaban J connectivity index is 3.72. The molecule has 1 unspecified atom stereocenters. The van der Waals surface area contributed by atoms with E-state index in [-0.39, 0.29) is 24.1 Å². The summed E-state index contributed by atoms with van der Waals surface area (Å²) in [6.07, 6.45) is 0.972. The number of thioether (sulfide) groups is 1. The van der Waals surface area contributed by atoms with Crippen LogP contribution in [0.15, 0.2) is 0 Å². The van der Waals surface area contributed by atoms with Gasteiger partial charge in [0.2, 0.25) is 11.8 Å².